The Labute approximate surface area is 148 Å². The lowest BCUT2D eigenvalue weighted by molar-refractivity contribution is -0.122. The molecule has 2 aliphatic rings. The Balaban J connectivity index is 1.59. The first-order valence-corrected chi connectivity index (χ1v) is 9.80. The average Bonchev–Trinajstić information content (AvgIpc) is 3.07. The second kappa shape index (κ2) is 8.34. The van der Waals surface area contributed by atoms with E-state index in [9.17, 15) is 4.79 Å². The minimum absolute atomic E-state index is 0.0527. The van der Waals surface area contributed by atoms with Gasteiger partial charge in [0.15, 0.2) is 0 Å². The SMILES string of the molecule is C[C@@H]1CN(Cc2ccccc2CNC(=O)[C@H]2CSCN2)C[C@@H](C)O1. The molecule has 0 saturated carbocycles. The molecule has 0 aromatic heterocycles. The molecular weight excluding hydrogens is 322 g/mol. The van der Waals surface area contributed by atoms with E-state index in [1.165, 1.54) is 11.1 Å². The fraction of sp³-hybridized carbons (Fsp3) is 0.611. The van der Waals surface area contributed by atoms with E-state index in [0.29, 0.717) is 6.54 Å². The van der Waals surface area contributed by atoms with Crippen molar-refractivity contribution in [2.24, 2.45) is 0 Å². The van der Waals surface area contributed by atoms with Crippen LogP contribution in [0.15, 0.2) is 24.3 Å². The van der Waals surface area contributed by atoms with Crippen LogP contribution in [0.4, 0.5) is 0 Å². The zero-order valence-corrected chi connectivity index (χ0v) is 15.3. The lowest BCUT2D eigenvalue weighted by atomic mass is 10.1. The molecule has 0 aliphatic carbocycles. The zero-order valence-electron chi connectivity index (χ0n) is 14.5. The van der Waals surface area contributed by atoms with Gasteiger partial charge in [0, 0.05) is 37.8 Å². The highest BCUT2D eigenvalue weighted by Gasteiger charge is 2.24. The summed E-state index contributed by atoms with van der Waals surface area (Å²) in [7, 11) is 0. The van der Waals surface area contributed by atoms with Crippen LogP contribution in [0.25, 0.3) is 0 Å². The quantitative estimate of drug-likeness (QED) is 0.845. The topological polar surface area (TPSA) is 53.6 Å². The second-order valence-electron chi connectivity index (χ2n) is 6.71. The second-order valence-corrected chi connectivity index (χ2v) is 7.74. The van der Waals surface area contributed by atoms with E-state index >= 15 is 0 Å². The van der Waals surface area contributed by atoms with Gasteiger partial charge in [0.1, 0.15) is 0 Å². The van der Waals surface area contributed by atoms with Gasteiger partial charge in [0.05, 0.1) is 18.2 Å². The number of carbonyl (C=O) groups excluding carboxylic acids is 1. The average molecular weight is 350 g/mol. The van der Waals surface area contributed by atoms with Crippen molar-refractivity contribution in [1.82, 2.24) is 15.5 Å². The minimum Gasteiger partial charge on any atom is -0.373 e. The van der Waals surface area contributed by atoms with Crippen molar-refractivity contribution in [2.45, 2.75) is 45.2 Å². The summed E-state index contributed by atoms with van der Waals surface area (Å²) >= 11 is 1.77. The van der Waals surface area contributed by atoms with Crippen molar-refractivity contribution in [1.29, 1.82) is 0 Å². The molecule has 3 rings (SSSR count). The maximum Gasteiger partial charge on any atom is 0.238 e. The maximum atomic E-state index is 12.2. The molecule has 2 saturated heterocycles. The van der Waals surface area contributed by atoms with Crippen LogP contribution in [0, 0.1) is 0 Å². The van der Waals surface area contributed by atoms with Gasteiger partial charge in [-0.15, -0.1) is 11.8 Å². The van der Waals surface area contributed by atoms with Gasteiger partial charge in [0.2, 0.25) is 5.91 Å². The first-order chi connectivity index (χ1) is 11.6. The Morgan fingerprint density at radius 1 is 1.29 bits per heavy atom. The number of morpholine rings is 1. The fourth-order valence-corrected chi connectivity index (χ4v) is 4.35. The molecular formula is C18H27N3O2S. The summed E-state index contributed by atoms with van der Waals surface area (Å²) in [5, 5.41) is 6.29. The van der Waals surface area contributed by atoms with Crippen LogP contribution in [0.2, 0.25) is 0 Å². The number of nitrogens with one attached hydrogen (secondary N) is 2. The number of hydrogen-bond acceptors (Lipinski definition) is 5. The Morgan fingerprint density at radius 3 is 2.67 bits per heavy atom. The Hall–Kier alpha value is -1.08. The number of ether oxygens (including phenoxy) is 1. The Bertz CT molecular complexity index is 553. The molecule has 2 heterocycles. The van der Waals surface area contributed by atoms with Crippen molar-refractivity contribution in [2.75, 3.05) is 24.7 Å². The molecule has 24 heavy (non-hydrogen) atoms. The van der Waals surface area contributed by atoms with Gasteiger partial charge in [-0.3, -0.25) is 15.0 Å². The molecule has 2 N–H and O–H groups in total. The van der Waals surface area contributed by atoms with E-state index in [4.69, 9.17) is 4.74 Å². The first kappa shape index (κ1) is 17.7. The molecule has 0 spiro atoms. The molecule has 1 amide bonds. The predicted molar refractivity (Wildman–Crippen MR) is 97.8 cm³/mol. The Morgan fingerprint density at radius 2 is 2.00 bits per heavy atom. The van der Waals surface area contributed by atoms with E-state index in [1.807, 2.05) is 6.07 Å². The van der Waals surface area contributed by atoms with Crippen molar-refractivity contribution < 1.29 is 9.53 Å². The highest BCUT2D eigenvalue weighted by atomic mass is 32.2. The van der Waals surface area contributed by atoms with Crippen molar-refractivity contribution >= 4 is 17.7 Å². The lowest BCUT2D eigenvalue weighted by Crippen LogP contribution is -2.45. The molecule has 6 heteroatoms. The lowest BCUT2D eigenvalue weighted by Gasteiger charge is -2.35. The predicted octanol–water partition coefficient (Wildman–Crippen LogP) is 1.57. The number of thioether (sulfide) groups is 1. The number of carbonyl (C=O) groups is 1. The van der Waals surface area contributed by atoms with E-state index in [1.54, 1.807) is 11.8 Å². The van der Waals surface area contributed by atoms with Gasteiger partial charge < -0.3 is 10.1 Å². The van der Waals surface area contributed by atoms with Crippen LogP contribution in [-0.4, -0.2) is 53.8 Å². The molecule has 0 unspecified atom stereocenters. The number of hydrogen-bond donors (Lipinski definition) is 2. The van der Waals surface area contributed by atoms with Crippen molar-refractivity contribution in [3.8, 4) is 0 Å². The summed E-state index contributed by atoms with van der Waals surface area (Å²) in [6.07, 6.45) is 0.540. The van der Waals surface area contributed by atoms with Crippen LogP contribution in [-0.2, 0) is 22.6 Å². The number of benzene rings is 1. The third kappa shape index (κ3) is 4.72. The zero-order chi connectivity index (χ0) is 16.9. The number of rotatable bonds is 5. The molecule has 1 aromatic carbocycles. The highest BCUT2D eigenvalue weighted by molar-refractivity contribution is 7.99. The molecule has 132 valence electrons. The third-order valence-electron chi connectivity index (χ3n) is 4.49. The summed E-state index contributed by atoms with van der Waals surface area (Å²) in [6, 6.07) is 8.33. The van der Waals surface area contributed by atoms with Gasteiger partial charge in [-0.25, -0.2) is 0 Å². The largest absolute Gasteiger partial charge is 0.373 e. The monoisotopic (exact) mass is 349 g/mol. The summed E-state index contributed by atoms with van der Waals surface area (Å²) in [6.45, 7) is 7.65. The number of amides is 1. The van der Waals surface area contributed by atoms with Crippen molar-refractivity contribution in [3.05, 3.63) is 35.4 Å². The van der Waals surface area contributed by atoms with Crippen LogP contribution < -0.4 is 10.6 Å². The van der Waals surface area contributed by atoms with Gasteiger partial charge in [-0.05, 0) is 25.0 Å². The summed E-state index contributed by atoms with van der Waals surface area (Å²) in [4.78, 5) is 14.6. The van der Waals surface area contributed by atoms with Crippen LogP contribution in [0.5, 0.6) is 0 Å². The Kier molecular flexibility index (Phi) is 6.16. The van der Waals surface area contributed by atoms with Gasteiger partial charge >= 0.3 is 0 Å². The van der Waals surface area contributed by atoms with E-state index in [-0.39, 0.29) is 24.2 Å². The van der Waals surface area contributed by atoms with E-state index in [0.717, 1.165) is 31.3 Å². The van der Waals surface area contributed by atoms with Crippen LogP contribution in [0.1, 0.15) is 25.0 Å². The normalized spacial score (nSPS) is 28.0. The summed E-state index contributed by atoms with van der Waals surface area (Å²) < 4.78 is 5.81. The van der Waals surface area contributed by atoms with E-state index < -0.39 is 0 Å². The van der Waals surface area contributed by atoms with E-state index in [2.05, 4.69) is 47.6 Å². The van der Waals surface area contributed by atoms with Crippen LogP contribution >= 0.6 is 11.8 Å². The molecule has 0 bridgehead atoms. The molecule has 3 atom stereocenters. The van der Waals surface area contributed by atoms with Gasteiger partial charge in [-0.1, -0.05) is 24.3 Å². The standard InChI is InChI=1S/C18H27N3O2S/c1-13-8-21(9-14(2)23-13)10-16-6-4-3-5-15(16)7-19-18(22)17-11-24-12-20-17/h3-6,13-14,17,20H,7-12H2,1-2H3,(H,19,22)/t13-,14-,17-/m1/s1. The summed E-state index contributed by atoms with van der Waals surface area (Å²) in [5.74, 6) is 1.82. The van der Waals surface area contributed by atoms with Crippen LogP contribution in [0.3, 0.4) is 0 Å². The molecule has 2 aliphatic heterocycles. The molecule has 5 nitrogen and oxygen atoms in total. The molecule has 2 fully saturated rings. The number of nitrogens with zero attached hydrogens (tertiary/aromatic N) is 1. The fourth-order valence-electron chi connectivity index (χ4n) is 3.41. The highest BCUT2D eigenvalue weighted by Crippen LogP contribution is 2.17. The summed E-state index contributed by atoms with van der Waals surface area (Å²) in [5.41, 5.74) is 2.48. The smallest absolute Gasteiger partial charge is 0.238 e. The third-order valence-corrected chi connectivity index (χ3v) is 5.43. The van der Waals surface area contributed by atoms with Gasteiger partial charge in [0.25, 0.3) is 0 Å². The molecule has 1 aromatic rings. The minimum atomic E-state index is -0.0527. The first-order valence-electron chi connectivity index (χ1n) is 8.65. The maximum absolute atomic E-state index is 12.2. The molecule has 0 radical (unpaired) electrons. The van der Waals surface area contributed by atoms with Gasteiger partial charge in [-0.2, -0.15) is 0 Å². The van der Waals surface area contributed by atoms with Crippen molar-refractivity contribution in [3.63, 3.8) is 0 Å².